The highest BCUT2D eigenvalue weighted by Gasteiger charge is 2.28. The van der Waals surface area contributed by atoms with Gasteiger partial charge in [-0.25, -0.2) is 4.98 Å². The van der Waals surface area contributed by atoms with Crippen LogP contribution < -0.4 is 5.56 Å². The minimum atomic E-state index is 0.137. The van der Waals surface area contributed by atoms with E-state index in [2.05, 4.69) is 54.6 Å². The SMILES string of the molecule is C=C(C)CN(CC)[C@@H]1CCc2c(sc3ncn(CCCc4ccccc4)c(=O)c23)C1. The van der Waals surface area contributed by atoms with Gasteiger partial charge in [-0.3, -0.25) is 14.3 Å². The van der Waals surface area contributed by atoms with Crippen molar-refractivity contribution in [3.63, 3.8) is 0 Å². The molecule has 0 amide bonds. The Hall–Kier alpha value is -2.24. The van der Waals surface area contributed by atoms with Crippen LogP contribution in [-0.4, -0.2) is 33.6 Å². The molecule has 30 heavy (non-hydrogen) atoms. The fourth-order valence-corrected chi connectivity index (χ4v) is 5.85. The number of benzene rings is 1. The lowest BCUT2D eigenvalue weighted by Gasteiger charge is -2.33. The van der Waals surface area contributed by atoms with Crippen molar-refractivity contribution in [3.05, 3.63) is 75.2 Å². The molecule has 5 heteroatoms. The average Bonchev–Trinajstić information content (AvgIpc) is 3.12. The molecule has 1 atom stereocenters. The van der Waals surface area contributed by atoms with E-state index in [4.69, 9.17) is 0 Å². The van der Waals surface area contributed by atoms with Crippen molar-refractivity contribution in [1.29, 1.82) is 0 Å². The number of nitrogens with zero attached hydrogens (tertiary/aromatic N) is 3. The van der Waals surface area contributed by atoms with Gasteiger partial charge in [-0.2, -0.15) is 0 Å². The Morgan fingerprint density at radius 3 is 2.87 bits per heavy atom. The molecular weight excluding hydrogens is 390 g/mol. The van der Waals surface area contributed by atoms with Crippen LogP contribution in [0.1, 0.15) is 42.7 Å². The average molecular weight is 422 g/mol. The van der Waals surface area contributed by atoms with E-state index in [9.17, 15) is 4.79 Å². The van der Waals surface area contributed by atoms with Gasteiger partial charge in [-0.1, -0.05) is 49.4 Å². The molecule has 3 aromatic rings. The van der Waals surface area contributed by atoms with Gasteiger partial charge in [-0.05, 0) is 56.7 Å². The largest absolute Gasteiger partial charge is 0.299 e. The zero-order valence-electron chi connectivity index (χ0n) is 18.1. The van der Waals surface area contributed by atoms with E-state index in [0.29, 0.717) is 12.6 Å². The molecule has 1 aliphatic carbocycles. The van der Waals surface area contributed by atoms with Gasteiger partial charge in [0.25, 0.3) is 5.56 Å². The maximum Gasteiger partial charge on any atom is 0.262 e. The summed E-state index contributed by atoms with van der Waals surface area (Å²) in [7, 11) is 0. The Labute approximate surface area is 182 Å². The third-order valence-electron chi connectivity index (χ3n) is 6.11. The van der Waals surface area contributed by atoms with Crippen LogP contribution >= 0.6 is 11.3 Å². The second-order valence-electron chi connectivity index (χ2n) is 8.43. The molecule has 158 valence electrons. The third kappa shape index (κ3) is 4.42. The van der Waals surface area contributed by atoms with Gasteiger partial charge >= 0.3 is 0 Å². The molecular formula is C25H31N3OS. The topological polar surface area (TPSA) is 38.1 Å². The smallest absolute Gasteiger partial charge is 0.262 e. The minimum absolute atomic E-state index is 0.137. The number of hydrogen-bond acceptors (Lipinski definition) is 4. The van der Waals surface area contributed by atoms with Crippen molar-refractivity contribution in [3.8, 4) is 0 Å². The highest BCUT2D eigenvalue weighted by molar-refractivity contribution is 7.18. The number of hydrogen-bond donors (Lipinski definition) is 0. The highest BCUT2D eigenvalue weighted by atomic mass is 32.1. The van der Waals surface area contributed by atoms with Crippen LogP contribution in [0.5, 0.6) is 0 Å². The van der Waals surface area contributed by atoms with Crippen molar-refractivity contribution in [2.75, 3.05) is 13.1 Å². The number of thiophene rings is 1. The van der Waals surface area contributed by atoms with Crippen molar-refractivity contribution in [1.82, 2.24) is 14.5 Å². The first-order chi connectivity index (χ1) is 14.6. The Morgan fingerprint density at radius 2 is 2.13 bits per heavy atom. The lowest BCUT2D eigenvalue weighted by Crippen LogP contribution is -2.39. The van der Waals surface area contributed by atoms with Crippen LogP contribution in [0.25, 0.3) is 10.2 Å². The van der Waals surface area contributed by atoms with Crippen LogP contribution in [-0.2, 0) is 25.8 Å². The number of aromatic nitrogens is 2. The lowest BCUT2D eigenvalue weighted by atomic mass is 9.92. The molecule has 0 bridgehead atoms. The molecule has 0 saturated heterocycles. The summed E-state index contributed by atoms with van der Waals surface area (Å²) in [5.41, 5.74) is 3.92. The van der Waals surface area contributed by atoms with Crippen molar-refractivity contribution < 1.29 is 0 Å². The van der Waals surface area contributed by atoms with E-state index in [-0.39, 0.29) is 5.56 Å². The first kappa shape index (κ1) is 21.0. The molecule has 2 heterocycles. The maximum atomic E-state index is 13.2. The van der Waals surface area contributed by atoms with Crippen LogP contribution in [0, 0.1) is 0 Å². The van der Waals surface area contributed by atoms with Gasteiger partial charge in [-0.15, -0.1) is 11.3 Å². The summed E-state index contributed by atoms with van der Waals surface area (Å²) >= 11 is 1.72. The van der Waals surface area contributed by atoms with E-state index in [1.165, 1.54) is 21.6 Å². The van der Waals surface area contributed by atoms with E-state index in [1.54, 1.807) is 17.7 Å². The molecule has 0 N–H and O–H groups in total. The third-order valence-corrected chi connectivity index (χ3v) is 7.28. The molecule has 4 rings (SSSR count). The Morgan fingerprint density at radius 1 is 1.33 bits per heavy atom. The van der Waals surface area contributed by atoms with Gasteiger partial charge < -0.3 is 0 Å². The monoisotopic (exact) mass is 421 g/mol. The fourth-order valence-electron chi connectivity index (χ4n) is 4.60. The molecule has 0 aliphatic heterocycles. The Bertz CT molecular complexity index is 1080. The van der Waals surface area contributed by atoms with Gasteiger partial charge in [0.15, 0.2) is 0 Å². The van der Waals surface area contributed by atoms with Crippen molar-refractivity contribution in [2.45, 2.75) is 58.5 Å². The van der Waals surface area contributed by atoms with Gasteiger partial charge in [0, 0.05) is 24.0 Å². The second-order valence-corrected chi connectivity index (χ2v) is 9.52. The van der Waals surface area contributed by atoms with Crippen LogP contribution in [0.15, 0.2) is 53.6 Å². The van der Waals surface area contributed by atoms with Crippen LogP contribution in [0.4, 0.5) is 0 Å². The summed E-state index contributed by atoms with van der Waals surface area (Å²) < 4.78 is 1.81. The number of fused-ring (bicyclic) bond motifs is 3. The predicted molar refractivity (Wildman–Crippen MR) is 127 cm³/mol. The molecule has 1 aliphatic rings. The summed E-state index contributed by atoms with van der Waals surface area (Å²) in [6.45, 7) is 11.1. The summed E-state index contributed by atoms with van der Waals surface area (Å²) in [6, 6.07) is 11.0. The van der Waals surface area contributed by atoms with Crippen LogP contribution in [0.3, 0.4) is 0 Å². The summed E-state index contributed by atoms with van der Waals surface area (Å²) in [5.74, 6) is 0. The molecule has 0 unspecified atom stereocenters. The molecule has 0 saturated carbocycles. The zero-order chi connectivity index (χ0) is 21.1. The highest BCUT2D eigenvalue weighted by Crippen LogP contribution is 2.35. The molecule has 2 aromatic heterocycles. The van der Waals surface area contributed by atoms with Crippen LogP contribution in [0.2, 0.25) is 0 Å². The number of rotatable bonds is 8. The zero-order valence-corrected chi connectivity index (χ0v) is 18.9. The molecule has 0 fully saturated rings. The van der Waals surface area contributed by atoms with Crippen molar-refractivity contribution >= 4 is 21.6 Å². The van der Waals surface area contributed by atoms with E-state index in [0.717, 1.165) is 55.4 Å². The van der Waals surface area contributed by atoms with E-state index in [1.807, 2.05) is 10.6 Å². The van der Waals surface area contributed by atoms with Crippen molar-refractivity contribution in [2.24, 2.45) is 0 Å². The maximum absolute atomic E-state index is 13.2. The predicted octanol–water partition coefficient (Wildman–Crippen LogP) is 4.85. The number of aryl methyl sites for hydroxylation is 3. The molecule has 1 aromatic carbocycles. The summed E-state index contributed by atoms with van der Waals surface area (Å²) in [5, 5.41) is 0.874. The minimum Gasteiger partial charge on any atom is -0.299 e. The second kappa shape index (κ2) is 9.27. The fraction of sp³-hybridized carbons (Fsp3) is 0.440. The van der Waals surface area contributed by atoms with Gasteiger partial charge in [0.05, 0.1) is 11.7 Å². The molecule has 0 spiro atoms. The van der Waals surface area contributed by atoms with E-state index >= 15 is 0 Å². The Balaban J connectivity index is 1.52. The summed E-state index contributed by atoms with van der Waals surface area (Å²) in [4.78, 5) is 22.7. The normalized spacial score (nSPS) is 16.2. The van der Waals surface area contributed by atoms with E-state index < -0.39 is 0 Å². The van der Waals surface area contributed by atoms with Gasteiger partial charge in [0.1, 0.15) is 4.83 Å². The quantitative estimate of drug-likeness (QED) is 0.488. The first-order valence-corrected chi connectivity index (χ1v) is 11.8. The number of likely N-dealkylation sites (N-methyl/N-ethyl adjacent to an activating group) is 1. The first-order valence-electron chi connectivity index (χ1n) is 11.0. The lowest BCUT2D eigenvalue weighted by molar-refractivity contribution is 0.206. The summed E-state index contributed by atoms with van der Waals surface area (Å²) in [6.07, 6.45) is 6.75. The molecule has 0 radical (unpaired) electrons. The van der Waals surface area contributed by atoms with Gasteiger partial charge in [0.2, 0.25) is 0 Å². The molecule has 4 nitrogen and oxygen atoms in total. The standard InChI is InChI=1S/C25H31N3OS/c1-4-27(16-18(2)3)20-12-13-21-22(15-20)30-24-23(21)25(29)28(17-26-24)14-8-11-19-9-6-5-7-10-19/h5-7,9-10,17,20H,2,4,8,11-16H2,1,3H3/t20-/m1/s1. The Kier molecular flexibility index (Phi) is 6.49.